The first-order valence-electron chi connectivity index (χ1n) is 7.87. The largest absolute Gasteiger partial charge is 0.497 e. The standard InChI is InChI=1S/C18H13N3O7/c1-27-13-6-7-14(15(10-13)21(25)26)16-8-9-17(28-16)18(22)19-11-2-4-12(5-3-11)20(23)24/h2-10H,1H3,(H,19,22). The first kappa shape index (κ1) is 18.6. The van der Waals surface area contributed by atoms with Gasteiger partial charge in [-0.1, -0.05) is 0 Å². The highest BCUT2D eigenvalue weighted by molar-refractivity contribution is 6.02. The fraction of sp³-hybridized carbons (Fsp3) is 0.0556. The maximum atomic E-state index is 12.3. The predicted octanol–water partition coefficient (Wildman–Crippen LogP) is 4.02. The minimum absolute atomic E-state index is 0.0709. The number of rotatable bonds is 6. The van der Waals surface area contributed by atoms with E-state index in [2.05, 4.69) is 5.32 Å². The number of anilines is 1. The predicted molar refractivity (Wildman–Crippen MR) is 98.4 cm³/mol. The van der Waals surface area contributed by atoms with Crippen LogP contribution in [0.3, 0.4) is 0 Å². The second-order valence-electron chi connectivity index (χ2n) is 5.56. The Balaban J connectivity index is 1.83. The third-order valence-corrected chi connectivity index (χ3v) is 3.83. The molecule has 0 spiro atoms. The molecule has 0 aliphatic carbocycles. The van der Waals surface area contributed by atoms with Crippen molar-refractivity contribution >= 4 is 23.0 Å². The molecule has 3 rings (SSSR count). The number of nitrogens with zero attached hydrogens (tertiary/aromatic N) is 2. The summed E-state index contributed by atoms with van der Waals surface area (Å²) in [5, 5.41) is 24.5. The van der Waals surface area contributed by atoms with Crippen LogP contribution in [0.2, 0.25) is 0 Å². The fourth-order valence-electron chi connectivity index (χ4n) is 2.46. The summed E-state index contributed by atoms with van der Waals surface area (Å²) in [5.41, 5.74) is 0.199. The Morgan fingerprint density at radius 3 is 2.32 bits per heavy atom. The first-order valence-corrected chi connectivity index (χ1v) is 7.87. The summed E-state index contributed by atoms with van der Waals surface area (Å²) in [4.78, 5) is 33.1. The van der Waals surface area contributed by atoms with Gasteiger partial charge in [0.2, 0.25) is 0 Å². The van der Waals surface area contributed by atoms with E-state index in [4.69, 9.17) is 9.15 Å². The molecule has 0 aliphatic heterocycles. The van der Waals surface area contributed by atoms with Crippen LogP contribution in [0.15, 0.2) is 59.0 Å². The van der Waals surface area contributed by atoms with Crippen molar-refractivity contribution < 1.29 is 23.8 Å². The molecule has 0 radical (unpaired) electrons. The summed E-state index contributed by atoms with van der Waals surface area (Å²) < 4.78 is 10.5. The quantitative estimate of drug-likeness (QED) is 0.501. The Morgan fingerprint density at radius 2 is 1.71 bits per heavy atom. The second-order valence-corrected chi connectivity index (χ2v) is 5.56. The summed E-state index contributed by atoms with van der Waals surface area (Å²) in [5.74, 6) is -0.212. The van der Waals surface area contributed by atoms with Crippen molar-refractivity contribution in [3.63, 3.8) is 0 Å². The van der Waals surface area contributed by atoms with E-state index in [1.807, 2.05) is 0 Å². The highest BCUT2D eigenvalue weighted by atomic mass is 16.6. The van der Waals surface area contributed by atoms with E-state index in [1.54, 1.807) is 6.07 Å². The first-order chi connectivity index (χ1) is 13.4. The van der Waals surface area contributed by atoms with Crippen molar-refractivity contribution in [1.82, 2.24) is 0 Å². The molecule has 0 unspecified atom stereocenters. The fourth-order valence-corrected chi connectivity index (χ4v) is 2.46. The van der Waals surface area contributed by atoms with Crippen LogP contribution in [0.4, 0.5) is 17.1 Å². The molecule has 0 fully saturated rings. The van der Waals surface area contributed by atoms with Crippen molar-refractivity contribution in [2.75, 3.05) is 12.4 Å². The lowest BCUT2D eigenvalue weighted by Crippen LogP contribution is -2.10. The Kier molecular flexibility index (Phi) is 5.03. The Labute approximate surface area is 157 Å². The van der Waals surface area contributed by atoms with Gasteiger partial charge >= 0.3 is 0 Å². The van der Waals surface area contributed by atoms with Crippen molar-refractivity contribution in [3.8, 4) is 17.1 Å². The molecule has 1 amide bonds. The zero-order valence-electron chi connectivity index (χ0n) is 14.4. The van der Waals surface area contributed by atoms with Gasteiger partial charge in [-0.2, -0.15) is 0 Å². The molecule has 0 saturated carbocycles. The topological polar surface area (TPSA) is 138 Å². The molecule has 10 nitrogen and oxygen atoms in total. The molecule has 0 atom stereocenters. The number of methoxy groups -OCH3 is 1. The van der Waals surface area contributed by atoms with Crippen LogP contribution in [0, 0.1) is 20.2 Å². The SMILES string of the molecule is COc1ccc(-c2ccc(C(=O)Nc3ccc([N+](=O)[O-])cc3)o2)c([N+](=O)[O-])c1. The van der Waals surface area contributed by atoms with Gasteiger partial charge in [-0.3, -0.25) is 25.0 Å². The number of benzene rings is 2. The van der Waals surface area contributed by atoms with Crippen molar-refractivity contribution in [3.05, 3.63) is 80.6 Å². The van der Waals surface area contributed by atoms with E-state index in [0.29, 0.717) is 11.4 Å². The van der Waals surface area contributed by atoms with E-state index in [-0.39, 0.29) is 28.5 Å². The number of nitro benzene ring substituents is 2. The van der Waals surface area contributed by atoms with Crippen LogP contribution in [-0.2, 0) is 0 Å². The maximum absolute atomic E-state index is 12.3. The molecule has 10 heteroatoms. The van der Waals surface area contributed by atoms with Crippen molar-refractivity contribution in [2.24, 2.45) is 0 Å². The number of nitro groups is 2. The van der Waals surface area contributed by atoms with Crippen LogP contribution in [0.1, 0.15) is 10.6 Å². The molecule has 0 aliphatic rings. The normalized spacial score (nSPS) is 10.3. The highest BCUT2D eigenvalue weighted by Crippen LogP contribution is 2.34. The highest BCUT2D eigenvalue weighted by Gasteiger charge is 2.21. The Hall–Kier alpha value is -4.21. The molecule has 2 aromatic carbocycles. The molecule has 0 bridgehead atoms. The third kappa shape index (κ3) is 3.80. The number of amides is 1. The zero-order valence-corrected chi connectivity index (χ0v) is 14.4. The number of hydrogen-bond acceptors (Lipinski definition) is 7. The lowest BCUT2D eigenvalue weighted by Gasteiger charge is -2.04. The minimum Gasteiger partial charge on any atom is -0.497 e. The molecule has 1 aromatic heterocycles. The van der Waals surface area contributed by atoms with E-state index in [1.165, 1.54) is 55.6 Å². The second kappa shape index (κ2) is 7.58. The zero-order chi connectivity index (χ0) is 20.3. The molecular weight excluding hydrogens is 370 g/mol. The molecule has 142 valence electrons. The molecule has 28 heavy (non-hydrogen) atoms. The molecular formula is C18H13N3O7. The smallest absolute Gasteiger partial charge is 0.291 e. The van der Waals surface area contributed by atoms with E-state index in [0.717, 1.165) is 0 Å². The Morgan fingerprint density at radius 1 is 1.00 bits per heavy atom. The van der Waals surface area contributed by atoms with Crippen LogP contribution < -0.4 is 10.1 Å². The monoisotopic (exact) mass is 383 g/mol. The average Bonchev–Trinajstić information content (AvgIpc) is 3.18. The van der Waals surface area contributed by atoms with Crippen LogP contribution >= 0.6 is 0 Å². The molecule has 3 aromatic rings. The summed E-state index contributed by atoms with van der Waals surface area (Å²) in [7, 11) is 1.40. The van der Waals surface area contributed by atoms with Gasteiger partial charge in [0.15, 0.2) is 5.76 Å². The lowest BCUT2D eigenvalue weighted by atomic mass is 10.1. The number of carbonyl (C=O) groups is 1. The van der Waals surface area contributed by atoms with Gasteiger partial charge in [0.1, 0.15) is 11.5 Å². The van der Waals surface area contributed by atoms with E-state index in [9.17, 15) is 25.0 Å². The van der Waals surface area contributed by atoms with Crippen molar-refractivity contribution in [2.45, 2.75) is 0 Å². The van der Waals surface area contributed by atoms with Crippen LogP contribution in [0.25, 0.3) is 11.3 Å². The summed E-state index contributed by atoms with van der Waals surface area (Å²) in [6, 6.07) is 12.4. The molecule has 1 heterocycles. The summed E-state index contributed by atoms with van der Waals surface area (Å²) in [6.07, 6.45) is 0. The van der Waals surface area contributed by atoms with Gasteiger partial charge in [0.05, 0.1) is 28.6 Å². The number of hydrogen-bond donors (Lipinski definition) is 1. The third-order valence-electron chi connectivity index (χ3n) is 3.83. The van der Waals surface area contributed by atoms with Gasteiger partial charge in [0.25, 0.3) is 17.3 Å². The number of ether oxygens (including phenoxy) is 1. The van der Waals surface area contributed by atoms with Gasteiger partial charge in [0, 0.05) is 17.8 Å². The van der Waals surface area contributed by atoms with Gasteiger partial charge < -0.3 is 14.5 Å². The van der Waals surface area contributed by atoms with Crippen LogP contribution in [-0.4, -0.2) is 22.9 Å². The number of carbonyl (C=O) groups excluding carboxylic acids is 1. The van der Waals surface area contributed by atoms with Crippen molar-refractivity contribution in [1.29, 1.82) is 0 Å². The summed E-state index contributed by atoms with van der Waals surface area (Å²) >= 11 is 0. The maximum Gasteiger partial charge on any atom is 0.291 e. The Bertz CT molecular complexity index is 1060. The van der Waals surface area contributed by atoms with E-state index < -0.39 is 15.8 Å². The molecule has 1 N–H and O–H groups in total. The minimum atomic E-state index is -0.601. The van der Waals surface area contributed by atoms with Gasteiger partial charge in [-0.05, 0) is 36.4 Å². The average molecular weight is 383 g/mol. The summed E-state index contributed by atoms with van der Waals surface area (Å²) in [6.45, 7) is 0. The number of nitrogens with one attached hydrogen (secondary N) is 1. The number of furan rings is 1. The van der Waals surface area contributed by atoms with Gasteiger partial charge in [-0.25, -0.2) is 0 Å². The lowest BCUT2D eigenvalue weighted by molar-refractivity contribution is -0.384. The van der Waals surface area contributed by atoms with E-state index >= 15 is 0 Å². The van der Waals surface area contributed by atoms with Gasteiger partial charge in [-0.15, -0.1) is 0 Å². The number of non-ortho nitro benzene ring substituents is 1. The molecule has 0 saturated heterocycles. The van der Waals surface area contributed by atoms with Crippen LogP contribution in [0.5, 0.6) is 5.75 Å².